The van der Waals surface area contributed by atoms with Gasteiger partial charge in [-0.2, -0.15) is 0 Å². The lowest BCUT2D eigenvalue weighted by Crippen LogP contribution is -2.38. The first-order valence-corrected chi connectivity index (χ1v) is 7.91. The van der Waals surface area contributed by atoms with E-state index in [1.165, 1.54) is 30.2 Å². The average Bonchev–Trinajstić information content (AvgIpc) is 2.72. The van der Waals surface area contributed by atoms with Crippen molar-refractivity contribution in [1.82, 2.24) is 15.2 Å². The van der Waals surface area contributed by atoms with E-state index in [2.05, 4.69) is 36.4 Å². The van der Waals surface area contributed by atoms with Gasteiger partial charge in [0.2, 0.25) is 0 Å². The lowest BCUT2D eigenvalue weighted by Gasteiger charge is -2.34. The molecule has 2 rings (SSSR count). The van der Waals surface area contributed by atoms with Crippen molar-refractivity contribution >= 4 is 11.3 Å². The van der Waals surface area contributed by atoms with Gasteiger partial charge >= 0.3 is 0 Å². The van der Waals surface area contributed by atoms with Crippen molar-refractivity contribution in [2.75, 3.05) is 19.6 Å². The molecule has 102 valence electrons. The van der Waals surface area contributed by atoms with Crippen molar-refractivity contribution in [3.63, 3.8) is 0 Å². The Hall–Kier alpha value is -0.450. The number of nitrogens with one attached hydrogen (secondary N) is 1. The fraction of sp³-hybridized carbons (Fsp3) is 0.786. The zero-order valence-electron chi connectivity index (χ0n) is 11.8. The van der Waals surface area contributed by atoms with E-state index in [0.29, 0.717) is 0 Å². The topological polar surface area (TPSA) is 28.2 Å². The van der Waals surface area contributed by atoms with E-state index < -0.39 is 0 Å². The van der Waals surface area contributed by atoms with Crippen LogP contribution in [0.5, 0.6) is 0 Å². The summed E-state index contributed by atoms with van der Waals surface area (Å²) in [5, 5.41) is 6.76. The van der Waals surface area contributed by atoms with Crippen molar-refractivity contribution in [2.45, 2.75) is 40.3 Å². The number of hydrogen-bond acceptors (Lipinski definition) is 4. The fourth-order valence-electron chi connectivity index (χ4n) is 2.88. The van der Waals surface area contributed by atoms with Crippen LogP contribution in [0.4, 0.5) is 0 Å². The van der Waals surface area contributed by atoms with Gasteiger partial charge in [0.1, 0.15) is 5.01 Å². The van der Waals surface area contributed by atoms with Crippen molar-refractivity contribution < 1.29 is 0 Å². The van der Waals surface area contributed by atoms with Gasteiger partial charge in [-0.1, -0.05) is 20.8 Å². The molecule has 0 aliphatic carbocycles. The van der Waals surface area contributed by atoms with Gasteiger partial charge in [-0.3, -0.25) is 4.90 Å². The quantitative estimate of drug-likeness (QED) is 0.889. The number of aromatic nitrogens is 1. The lowest BCUT2D eigenvalue weighted by molar-refractivity contribution is 0.133. The Bertz CT molecular complexity index is 354. The highest BCUT2D eigenvalue weighted by atomic mass is 32.1. The number of rotatable bonds is 5. The molecule has 4 heteroatoms. The number of nitrogens with zero attached hydrogens (tertiary/aromatic N) is 2. The van der Waals surface area contributed by atoms with Gasteiger partial charge in [0.15, 0.2) is 0 Å². The van der Waals surface area contributed by atoms with Crippen LogP contribution in [0.3, 0.4) is 0 Å². The minimum Gasteiger partial charge on any atom is -0.311 e. The maximum Gasteiger partial charge on any atom is 0.107 e. The number of hydrogen-bond donors (Lipinski definition) is 1. The summed E-state index contributed by atoms with van der Waals surface area (Å²) in [6.07, 6.45) is 1.37. The van der Waals surface area contributed by atoms with Crippen LogP contribution < -0.4 is 5.32 Å². The molecule has 0 aromatic carbocycles. The van der Waals surface area contributed by atoms with Crippen molar-refractivity contribution in [2.24, 2.45) is 11.8 Å². The molecule has 1 N–H and O–H groups in total. The largest absolute Gasteiger partial charge is 0.311 e. The molecule has 3 nitrogen and oxygen atoms in total. The van der Waals surface area contributed by atoms with Crippen LogP contribution in [0.2, 0.25) is 0 Å². The second-order valence-corrected chi connectivity index (χ2v) is 6.60. The van der Waals surface area contributed by atoms with Gasteiger partial charge in [-0.25, -0.2) is 4.98 Å². The van der Waals surface area contributed by atoms with Gasteiger partial charge in [-0.15, -0.1) is 11.3 Å². The summed E-state index contributed by atoms with van der Waals surface area (Å²) in [7, 11) is 0. The Balaban J connectivity index is 1.86. The predicted octanol–water partition coefficient (Wildman–Crippen LogP) is 2.73. The lowest BCUT2D eigenvalue weighted by atomic mass is 9.92. The first-order valence-electron chi connectivity index (χ1n) is 7.03. The van der Waals surface area contributed by atoms with Crippen LogP contribution in [-0.4, -0.2) is 29.5 Å². The van der Waals surface area contributed by atoms with Crippen molar-refractivity contribution in [3.8, 4) is 0 Å². The summed E-state index contributed by atoms with van der Waals surface area (Å²) in [5.74, 6) is 1.65. The summed E-state index contributed by atoms with van der Waals surface area (Å²) >= 11 is 1.78. The molecule has 1 aliphatic rings. The normalized spacial score (nSPS) is 25.5. The molecule has 2 unspecified atom stereocenters. The Morgan fingerprint density at radius 3 is 2.78 bits per heavy atom. The minimum absolute atomic E-state index is 0.827. The minimum atomic E-state index is 0.827. The maximum absolute atomic E-state index is 4.71. The van der Waals surface area contributed by atoms with Gasteiger partial charge < -0.3 is 5.32 Å². The van der Waals surface area contributed by atoms with Crippen LogP contribution in [0.1, 0.15) is 37.9 Å². The van der Waals surface area contributed by atoms with E-state index in [0.717, 1.165) is 31.5 Å². The van der Waals surface area contributed by atoms with Crippen LogP contribution in [0, 0.1) is 11.8 Å². The number of likely N-dealkylation sites (tertiary alicyclic amines) is 1. The highest BCUT2D eigenvalue weighted by Gasteiger charge is 2.22. The highest BCUT2D eigenvalue weighted by Crippen LogP contribution is 2.22. The standard InChI is InChI=1S/C14H25N3S/c1-4-15-6-14-16-13(10-18-14)9-17-7-11(2)5-12(3)8-17/h10-12,15H,4-9H2,1-3H3. The number of thiazole rings is 1. The van der Waals surface area contributed by atoms with Crippen LogP contribution in [0.25, 0.3) is 0 Å². The molecule has 0 amide bonds. The zero-order valence-corrected chi connectivity index (χ0v) is 12.6. The monoisotopic (exact) mass is 267 g/mol. The van der Waals surface area contributed by atoms with E-state index in [1.807, 2.05) is 0 Å². The summed E-state index contributed by atoms with van der Waals surface area (Å²) < 4.78 is 0. The van der Waals surface area contributed by atoms with E-state index in [4.69, 9.17) is 4.98 Å². The van der Waals surface area contributed by atoms with Gasteiger partial charge in [0.05, 0.1) is 5.69 Å². The molecular weight excluding hydrogens is 242 g/mol. The fourth-order valence-corrected chi connectivity index (χ4v) is 3.64. The smallest absolute Gasteiger partial charge is 0.107 e. The van der Waals surface area contributed by atoms with Crippen LogP contribution >= 0.6 is 11.3 Å². The van der Waals surface area contributed by atoms with Crippen molar-refractivity contribution in [1.29, 1.82) is 0 Å². The molecule has 18 heavy (non-hydrogen) atoms. The Labute approximate surface area is 115 Å². The third-order valence-electron chi connectivity index (χ3n) is 3.46. The molecule has 1 aliphatic heterocycles. The molecule has 1 aromatic heterocycles. The summed E-state index contributed by atoms with van der Waals surface area (Å²) in [6.45, 7) is 12.3. The molecule has 1 aromatic rings. The third kappa shape index (κ3) is 4.04. The summed E-state index contributed by atoms with van der Waals surface area (Å²) in [4.78, 5) is 7.27. The van der Waals surface area contributed by atoms with E-state index >= 15 is 0 Å². The first kappa shape index (κ1) is 14.0. The van der Waals surface area contributed by atoms with E-state index in [1.54, 1.807) is 11.3 Å². The summed E-state index contributed by atoms with van der Waals surface area (Å²) in [5.41, 5.74) is 1.24. The highest BCUT2D eigenvalue weighted by molar-refractivity contribution is 7.09. The Morgan fingerprint density at radius 2 is 2.11 bits per heavy atom. The van der Waals surface area contributed by atoms with Crippen LogP contribution in [0.15, 0.2) is 5.38 Å². The van der Waals surface area contributed by atoms with E-state index in [9.17, 15) is 0 Å². The molecule has 0 radical (unpaired) electrons. The Kier molecular flexibility index (Phi) is 5.15. The molecule has 0 saturated carbocycles. The van der Waals surface area contributed by atoms with Crippen molar-refractivity contribution in [3.05, 3.63) is 16.1 Å². The van der Waals surface area contributed by atoms with Gasteiger partial charge in [-0.05, 0) is 24.8 Å². The molecule has 2 atom stereocenters. The number of piperidine rings is 1. The van der Waals surface area contributed by atoms with Gasteiger partial charge in [0.25, 0.3) is 0 Å². The average molecular weight is 267 g/mol. The SMILES string of the molecule is CCNCc1nc(CN2CC(C)CC(C)C2)cs1. The summed E-state index contributed by atoms with van der Waals surface area (Å²) in [6, 6.07) is 0. The predicted molar refractivity (Wildman–Crippen MR) is 77.7 cm³/mol. The molecule has 2 heterocycles. The third-order valence-corrected chi connectivity index (χ3v) is 4.35. The molecule has 0 bridgehead atoms. The van der Waals surface area contributed by atoms with Gasteiger partial charge in [0, 0.05) is 31.6 Å². The molecular formula is C14H25N3S. The first-order chi connectivity index (χ1) is 8.67. The molecule has 1 fully saturated rings. The van der Waals surface area contributed by atoms with E-state index in [-0.39, 0.29) is 0 Å². The molecule has 1 saturated heterocycles. The molecule has 0 spiro atoms. The second kappa shape index (κ2) is 6.64. The zero-order chi connectivity index (χ0) is 13.0. The second-order valence-electron chi connectivity index (χ2n) is 5.65. The Morgan fingerprint density at radius 1 is 1.39 bits per heavy atom. The maximum atomic E-state index is 4.71. The van der Waals surface area contributed by atoms with Crippen LogP contribution in [-0.2, 0) is 13.1 Å².